The predicted molar refractivity (Wildman–Crippen MR) is 96.5 cm³/mol. The quantitative estimate of drug-likeness (QED) is 0.563. The van der Waals surface area contributed by atoms with Gasteiger partial charge in [0.2, 0.25) is 5.91 Å². The lowest BCUT2D eigenvalue weighted by Gasteiger charge is -2.39. The van der Waals surface area contributed by atoms with Gasteiger partial charge in [0.05, 0.1) is 12.0 Å². The second-order valence-electron chi connectivity index (χ2n) is 8.53. The summed E-state index contributed by atoms with van der Waals surface area (Å²) in [7, 11) is 0. The fourth-order valence-electron chi connectivity index (χ4n) is 4.00. The molecule has 7 nitrogen and oxygen atoms in total. The molecule has 26 heavy (non-hydrogen) atoms. The number of hydrogen-bond donors (Lipinski definition) is 0. The molecule has 1 spiro atoms. The highest BCUT2D eigenvalue weighted by molar-refractivity contribution is 5.86. The average molecular weight is 368 g/mol. The number of esters is 1. The van der Waals surface area contributed by atoms with Gasteiger partial charge in [-0.25, -0.2) is 4.79 Å². The molecule has 2 rings (SSSR count). The Labute approximate surface area is 156 Å². The number of carbonyl (C=O) groups is 3. The number of piperidine rings is 1. The van der Waals surface area contributed by atoms with Gasteiger partial charge in [0, 0.05) is 32.6 Å². The van der Waals surface area contributed by atoms with Gasteiger partial charge in [0.15, 0.2) is 0 Å². The van der Waals surface area contributed by atoms with Gasteiger partial charge >= 0.3 is 12.1 Å². The van der Waals surface area contributed by atoms with Crippen LogP contribution in [0.5, 0.6) is 0 Å². The minimum Gasteiger partial charge on any atom is -0.466 e. The lowest BCUT2D eigenvalue weighted by atomic mass is 9.77. The minimum absolute atomic E-state index is 0.112. The molecule has 0 N–H and O–H groups in total. The summed E-state index contributed by atoms with van der Waals surface area (Å²) in [6, 6.07) is 0.124. The number of amides is 2. The molecular weight excluding hydrogens is 336 g/mol. The Morgan fingerprint density at radius 2 is 2.00 bits per heavy atom. The Bertz CT molecular complexity index is 557. The maximum atomic E-state index is 13.1. The average Bonchev–Trinajstić information content (AvgIpc) is 2.73. The van der Waals surface area contributed by atoms with Crippen LogP contribution in [0.3, 0.4) is 0 Å². The highest BCUT2D eigenvalue weighted by Crippen LogP contribution is 2.43. The smallest absolute Gasteiger partial charge is 0.410 e. The van der Waals surface area contributed by atoms with Gasteiger partial charge in [-0.1, -0.05) is 0 Å². The molecule has 2 aliphatic heterocycles. The van der Waals surface area contributed by atoms with E-state index in [0.29, 0.717) is 32.7 Å². The predicted octanol–water partition coefficient (Wildman–Crippen LogP) is 2.58. The van der Waals surface area contributed by atoms with Gasteiger partial charge in [-0.3, -0.25) is 9.59 Å². The monoisotopic (exact) mass is 368 g/mol. The van der Waals surface area contributed by atoms with E-state index in [1.807, 2.05) is 32.6 Å². The van der Waals surface area contributed by atoms with Crippen LogP contribution in [0.1, 0.15) is 60.3 Å². The number of ether oxygens (including phenoxy) is 2. The molecule has 2 saturated heterocycles. The molecule has 0 aromatic carbocycles. The number of nitrogens with zero attached hydrogens (tertiary/aromatic N) is 2. The Kier molecular flexibility index (Phi) is 6.19. The van der Waals surface area contributed by atoms with Gasteiger partial charge < -0.3 is 19.3 Å². The van der Waals surface area contributed by atoms with Crippen molar-refractivity contribution in [1.82, 2.24) is 9.80 Å². The number of likely N-dealkylation sites (tertiary alicyclic amines) is 2. The molecule has 0 radical (unpaired) electrons. The van der Waals surface area contributed by atoms with Gasteiger partial charge in [-0.05, 0) is 53.4 Å². The zero-order valence-electron chi connectivity index (χ0n) is 16.7. The number of hydrogen-bond acceptors (Lipinski definition) is 5. The van der Waals surface area contributed by atoms with Crippen LogP contribution in [0.4, 0.5) is 4.79 Å². The molecule has 148 valence electrons. The molecule has 0 bridgehead atoms. The van der Waals surface area contributed by atoms with E-state index in [1.165, 1.54) is 6.92 Å². The summed E-state index contributed by atoms with van der Waals surface area (Å²) in [5.41, 5.74) is -1.05. The summed E-state index contributed by atoms with van der Waals surface area (Å²) in [4.78, 5) is 40.0. The van der Waals surface area contributed by atoms with E-state index in [0.717, 1.165) is 19.3 Å². The second kappa shape index (κ2) is 7.84. The van der Waals surface area contributed by atoms with Crippen molar-refractivity contribution in [1.29, 1.82) is 0 Å². The second-order valence-corrected chi connectivity index (χ2v) is 8.53. The lowest BCUT2D eigenvalue weighted by Crippen LogP contribution is -2.51. The van der Waals surface area contributed by atoms with E-state index in [2.05, 4.69) is 0 Å². The number of rotatable bonds is 4. The highest BCUT2D eigenvalue weighted by atomic mass is 16.6. The Balaban J connectivity index is 1.99. The first-order chi connectivity index (χ1) is 12.0. The maximum absolute atomic E-state index is 13.1. The SMILES string of the molecule is CC(=O)OCCCN1C(=O)C2(CCCN(C(=O)OC(C)(C)C)C2)CC1C. The molecule has 2 unspecified atom stereocenters. The third-order valence-electron chi connectivity index (χ3n) is 5.01. The van der Waals surface area contributed by atoms with Crippen LogP contribution in [-0.4, -0.2) is 65.7 Å². The summed E-state index contributed by atoms with van der Waals surface area (Å²) < 4.78 is 10.4. The normalized spacial score (nSPS) is 26.3. The topological polar surface area (TPSA) is 76.2 Å². The van der Waals surface area contributed by atoms with Crippen molar-refractivity contribution in [3.8, 4) is 0 Å². The molecule has 0 aromatic heterocycles. The third kappa shape index (κ3) is 4.89. The van der Waals surface area contributed by atoms with Crippen LogP contribution in [0, 0.1) is 5.41 Å². The zero-order chi connectivity index (χ0) is 19.5. The van der Waals surface area contributed by atoms with Crippen molar-refractivity contribution in [2.75, 3.05) is 26.2 Å². The molecule has 2 heterocycles. The van der Waals surface area contributed by atoms with Crippen LogP contribution in [0.25, 0.3) is 0 Å². The van der Waals surface area contributed by atoms with Crippen molar-refractivity contribution in [2.45, 2.75) is 71.9 Å². The number of carbonyl (C=O) groups excluding carboxylic acids is 3. The van der Waals surface area contributed by atoms with Crippen molar-refractivity contribution in [2.24, 2.45) is 5.41 Å². The first-order valence-corrected chi connectivity index (χ1v) is 9.46. The molecule has 7 heteroatoms. The Morgan fingerprint density at radius 1 is 1.31 bits per heavy atom. The van der Waals surface area contributed by atoms with E-state index in [1.54, 1.807) is 4.90 Å². The van der Waals surface area contributed by atoms with Crippen molar-refractivity contribution >= 4 is 18.0 Å². The molecule has 2 fully saturated rings. The van der Waals surface area contributed by atoms with Crippen LogP contribution >= 0.6 is 0 Å². The van der Waals surface area contributed by atoms with Crippen molar-refractivity contribution in [3.05, 3.63) is 0 Å². The van der Waals surface area contributed by atoms with Crippen LogP contribution in [0.15, 0.2) is 0 Å². The van der Waals surface area contributed by atoms with Crippen molar-refractivity contribution in [3.63, 3.8) is 0 Å². The van der Waals surface area contributed by atoms with Crippen LogP contribution < -0.4 is 0 Å². The molecule has 0 aliphatic carbocycles. The summed E-state index contributed by atoms with van der Waals surface area (Å²) in [6.45, 7) is 10.9. The Morgan fingerprint density at radius 3 is 2.62 bits per heavy atom. The molecule has 0 aromatic rings. The first-order valence-electron chi connectivity index (χ1n) is 9.46. The standard InChI is InChI=1S/C19H32N2O5/c1-14-12-19(16(23)21(14)10-7-11-25-15(2)22)8-6-9-20(13-19)17(24)26-18(3,4)5/h14H,6-13H2,1-5H3. The van der Waals surface area contributed by atoms with E-state index < -0.39 is 11.0 Å². The van der Waals surface area contributed by atoms with Crippen molar-refractivity contribution < 1.29 is 23.9 Å². The molecule has 2 atom stereocenters. The van der Waals surface area contributed by atoms with Crippen LogP contribution in [-0.2, 0) is 19.1 Å². The van der Waals surface area contributed by atoms with E-state index in [9.17, 15) is 14.4 Å². The van der Waals surface area contributed by atoms with Gasteiger partial charge in [0.25, 0.3) is 0 Å². The van der Waals surface area contributed by atoms with Gasteiger partial charge in [-0.2, -0.15) is 0 Å². The third-order valence-corrected chi connectivity index (χ3v) is 5.01. The minimum atomic E-state index is -0.544. The largest absolute Gasteiger partial charge is 0.466 e. The highest BCUT2D eigenvalue weighted by Gasteiger charge is 2.52. The fraction of sp³-hybridized carbons (Fsp3) is 0.842. The summed E-state index contributed by atoms with van der Waals surface area (Å²) in [5, 5.41) is 0. The molecule has 2 amide bonds. The summed E-state index contributed by atoms with van der Waals surface area (Å²) in [5.74, 6) is -0.191. The molecule has 2 aliphatic rings. The van der Waals surface area contributed by atoms with E-state index >= 15 is 0 Å². The van der Waals surface area contributed by atoms with E-state index in [4.69, 9.17) is 9.47 Å². The molecular formula is C19H32N2O5. The summed E-state index contributed by atoms with van der Waals surface area (Å²) in [6.07, 6.45) is 2.64. The van der Waals surface area contributed by atoms with Crippen LogP contribution in [0.2, 0.25) is 0 Å². The van der Waals surface area contributed by atoms with E-state index in [-0.39, 0.29) is 24.0 Å². The van der Waals surface area contributed by atoms with Gasteiger partial charge in [0.1, 0.15) is 5.60 Å². The maximum Gasteiger partial charge on any atom is 0.410 e. The zero-order valence-corrected chi connectivity index (χ0v) is 16.7. The fourth-order valence-corrected chi connectivity index (χ4v) is 4.00. The van der Waals surface area contributed by atoms with Gasteiger partial charge in [-0.15, -0.1) is 0 Å². The lowest BCUT2D eigenvalue weighted by molar-refractivity contribution is -0.141. The Hall–Kier alpha value is -1.79. The molecule has 0 saturated carbocycles. The summed E-state index contributed by atoms with van der Waals surface area (Å²) >= 11 is 0. The first kappa shape index (κ1) is 20.5.